The summed E-state index contributed by atoms with van der Waals surface area (Å²) in [5.41, 5.74) is 0.543. The van der Waals surface area contributed by atoms with Gasteiger partial charge in [-0.1, -0.05) is 12.8 Å². The van der Waals surface area contributed by atoms with Gasteiger partial charge < -0.3 is 14.8 Å². The fraction of sp³-hybridized carbons (Fsp3) is 0.720. The Morgan fingerprint density at radius 3 is 2.46 bits per heavy atom. The fourth-order valence-corrected chi connectivity index (χ4v) is 6.60. The number of amides is 1. The van der Waals surface area contributed by atoms with Crippen molar-refractivity contribution in [3.63, 3.8) is 0 Å². The summed E-state index contributed by atoms with van der Waals surface area (Å²) in [4.78, 5) is 12.9. The molecule has 4 fully saturated rings. The lowest BCUT2D eigenvalue weighted by molar-refractivity contribution is -0.0244. The van der Waals surface area contributed by atoms with E-state index >= 15 is 0 Å². The molecular weight excluding hydrogens is 473 g/mol. The van der Waals surface area contributed by atoms with E-state index in [0.29, 0.717) is 31.1 Å². The zero-order valence-corrected chi connectivity index (χ0v) is 21.0. The molecule has 2 aliphatic carbocycles. The molecule has 35 heavy (non-hydrogen) atoms. The van der Waals surface area contributed by atoms with Crippen molar-refractivity contribution < 1.29 is 27.1 Å². The highest BCUT2D eigenvalue weighted by atomic mass is 32.2. The van der Waals surface area contributed by atoms with E-state index in [9.17, 15) is 17.6 Å². The molecule has 5 rings (SSSR count). The average molecular weight is 510 g/mol. The van der Waals surface area contributed by atoms with Crippen LogP contribution in [0.5, 0.6) is 5.75 Å². The van der Waals surface area contributed by atoms with Gasteiger partial charge in [0.1, 0.15) is 11.6 Å². The van der Waals surface area contributed by atoms with Crippen LogP contribution in [-0.4, -0.2) is 63.6 Å². The van der Waals surface area contributed by atoms with Crippen molar-refractivity contribution in [1.29, 1.82) is 0 Å². The molecule has 2 heterocycles. The summed E-state index contributed by atoms with van der Waals surface area (Å²) >= 11 is 0. The Bertz CT molecular complexity index is 1010. The fourth-order valence-electron chi connectivity index (χ4n) is 5.43. The SMILES string of the molecule is O=C(NS(=O)(=O)N1CCC(O[C@@H]2CCNC2)CC1)c1cc(C2CC2)c(OCC2CCCC2)cc1F. The predicted octanol–water partition coefficient (Wildman–Crippen LogP) is 3.09. The summed E-state index contributed by atoms with van der Waals surface area (Å²) in [7, 11) is -4.08. The van der Waals surface area contributed by atoms with Gasteiger partial charge >= 0.3 is 10.2 Å². The highest BCUT2D eigenvalue weighted by molar-refractivity contribution is 7.87. The van der Waals surface area contributed by atoms with Crippen LogP contribution >= 0.6 is 0 Å². The minimum atomic E-state index is -4.08. The molecular formula is C25H36FN3O5S. The first-order valence-electron chi connectivity index (χ1n) is 13.0. The third-order valence-corrected chi connectivity index (χ3v) is 9.16. The molecule has 1 amide bonds. The highest BCUT2D eigenvalue weighted by Crippen LogP contribution is 2.45. The second-order valence-corrected chi connectivity index (χ2v) is 12.1. The molecule has 4 aliphatic rings. The maximum Gasteiger partial charge on any atom is 0.304 e. The zero-order chi connectivity index (χ0) is 24.4. The summed E-state index contributed by atoms with van der Waals surface area (Å²) < 4.78 is 56.1. The second-order valence-electron chi connectivity index (χ2n) is 10.4. The molecule has 0 spiro atoms. The smallest absolute Gasteiger partial charge is 0.304 e. The first-order chi connectivity index (χ1) is 16.9. The zero-order valence-electron chi connectivity index (χ0n) is 20.1. The third kappa shape index (κ3) is 6.15. The standard InChI is InChI=1S/C25H36FN3O5S/c26-23-14-24(33-16-17-3-1-2-4-17)21(18-5-6-18)13-22(23)25(30)28-35(31,32)29-11-8-19(9-12-29)34-20-7-10-27-15-20/h13-14,17-20,27H,1-12,15-16H2,(H,28,30)/t20-/m1/s1. The molecule has 8 nitrogen and oxygen atoms in total. The Morgan fingerprint density at radius 1 is 1.06 bits per heavy atom. The van der Waals surface area contributed by atoms with Crippen LogP contribution in [0.1, 0.15) is 79.6 Å². The Morgan fingerprint density at radius 2 is 1.80 bits per heavy atom. The molecule has 1 atom stereocenters. The number of rotatable bonds is 9. The van der Waals surface area contributed by atoms with Crippen LogP contribution < -0.4 is 14.8 Å². The maximum atomic E-state index is 15.0. The number of hydrogen-bond acceptors (Lipinski definition) is 6. The molecule has 10 heteroatoms. The Kier molecular flexibility index (Phi) is 7.62. The molecule has 194 valence electrons. The summed E-state index contributed by atoms with van der Waals surface area (Å²) in [6, 6.07) is 2.74. The number of benzene rings is 1. The van der Waals surface area contributed by atoms with E-state index in [4.69, 9.17) is 9.47 Å². The van der Waals surface area contributed by atoms with E-state index < -0.39 is 21.9 Å². The number of hydrogen-bond donors (Lipinski definition) is 2. The van der Waals surface area contributed by atoms with Gasteiger partial charge in [-0.25, -0.2) is 9.11 Å². The van der Waals surface area contributed by atoms with Gasteiger partial charge in [-0.05, 0) is 75.0 Å². The van der Waals surface area contributed by atoms with Gasteiger partial charge in [0.2, 0.25) is 0 Å². The van der Waals surface area contributed by atoms with Crippen molar-refractivity contribution in [2.24, 2.45) is 5.92 Å². The largest absolute Gasteiger partial charge is 0.493 e. The van der Waals surface area contributed by atoms with E-state index in [1.165, 1.54) is 29.3 Å². The lowest BCUT2D eigenvalue weighted by Gasteiger charge is -2.32. The van der Waals surface area contributed by atoms with Crippen LogP contribution in [-0.2, 0) is 14.9 Å². The summed E-state index contributed by atoms with van der Waals surface area (Å²) in [6.45, 7) is 2.84. The van der Waals surface area contributed by atoms with Crippen LogP contribution in [0.15, 0.2) is 12.1 Å². The predicted molar refractivity (Wildman–Crippen MR) is 129 cm³/mol. The number of nitrogens with zero attached hydrogens (tertiary/aromatic N) is 1. The molecule has 2 saturated heterocycles. The van der Waals surface area contributed by atoms with Gasteiger partial charge in [-0.15, -0.1) is 0 Å². The van der Waals surface area contributed by atoms with Crippen molar-refractivity contribution in [2.45, 2.75) is 75.9 Å². The molecule has 0 unspecified atom stereocenters. The van der Waals surface area contributed by atoms with Gasteiger partial charge in [0.05, 0.1) is 24.4 Å². The summed E-state index contributed by atoms with van der Waals surface area (Å²) in [6.07, 6.45) is 8.86. The monoisotopic (exact) mass is 509 g/mol. The molecule has 2 N–H and O–H groups in total. The number of carbonyl (C=O) groups is 1. The summed E-state index contributed by atoms with van der Waals surface area (Å²) in [5.74, 6) is -0.507. The van der Waals surface area contributed by atoms with Crippen LogP contribution in [0.4, 0.5) is 4.39 Å². The van der Waals surface area contributed by atoms with E-state index in [0.717, 1.165) is 50.8 Å². The number of ether oxygens (including phenoxy) is 2. The second kappa shape index (κ2) is 10.7. The maximum absolute atomic E-state index is 15.0. The quantitative estimate of drug-likeness (QED) is 0.531. The molecule has 0 radical (unpaired) electrons. The first-order valence-corrected chi connectivity index (χ1v) is 14.5. The minimum Gasteiger partial charge on any atom is -0.493 e. The number of halogens is 1. The minimum absolute atomic E-state index is 0.0115. The third-order valence-electron chi connectivity index (χ3n) is 7.67. The van der Waals surface area contributed by atoms with Crippen molar-refractivity contribution >= 4 is 16.1 Å². The van der Waals surface area contributed by atoms with Gasteiger partial charge in [-0.3, -0.25) is 4.79 Å². The molecule has 0 bridgehead atoms. The average Bonchev–Trinajstić information content (AvgIpc) is 3.29. The van der Waals surface area contributed by atoms with Gasteiger partial charge in [0, 0.05) is 25.7 Å². The van der Waals surface area contributed by atoms with E-state index in [1.807, 2.05) is 0 Å². The van der Waals surface area contributed by atoms with Gasteiger partial charge in [0.25, 0.3) is 5.91 Å². The van der Waals surface area contributed by atoms with Crippen LogP contribution in [0.25, 0.3) is 0 Å². The highest BCUT2D eigenvalue weighted by Gasteiger charge is 2.34. The van der Waals surface area contributed by atoms with Gasteiger partial charge in [-0.2, -0.15) is 12.7 Å². The number of nitrogens with one attached hydrogen (secondary N) is 2. The Balaban J connectivity index is 1.21. The Labute approximate surface area is 207 Å². The van der Waals surface area contributed by atoms with E-state index in [2.05, 4.69) is 10.0 Å². The van der Waals surface area contributed by atoms with Crippen molar-refractivity contribution in [3.8, 4) is 5.75 Å². The Hall–Kier alpha value is -1.75. The van der Waals surface area contributed by atoms with E-state index in [1.54, 1.807) is 0 Å². The molecule has 1 aromatic rings. The van der Waals surface area contributed by atoms with Crippen LogP contribution in [0.3, 0.4) is 0 Å². The van der Waals surface area contributed by atoms with Gasteiger partial charge in [0.15, 0.2) is 0 Å². The molecule has 1 aromatic carbocycles. The number of carbonyl (C=O) groups excluding carboxylic acids is 1. The molecule has 2 aliphatic heterocycles. The lowest BCUT2D eigenvalue weighted by atomic mass is 10.0. The van der Waals surface area contributed by atoms with Crippen molar-refractivity contribution in [1.82, 2.24) is 14.3 Å². The topological polar surface area (TPSA) is 97.0 Å². The number of piperidine rings is 1. The summed E-state index contributed by atoms with van der Waals surface area (Å²) in [5, 5.41) is 3.26. The lowest BCUT2D eigenvalue weighted by Crippen LogP contribution is -2.48. The van der Waals surface area contributed by atoms with Crippen LogP contribution in [0, 0.1) is 11.7 Å². The van der Waals surface area contributed by atoms with Crippen molar-refractivity contribution in [3.05, 3.63) is 29.1 Å². The normalized spacial score (nSPS) is 24.7. The van der Waals surface area contributed by atoms with E-state index in [-0.39, 0.29) is 36.8 Å². The molecule has 2 saturated carbocycles. The van der Waals surface area contributed by atoms with Crippen molar-refractivity contribution in [2.75, 3.05) is 32.8 Å². The molecule has 0 aromatic heterocycles. The first kappa shape index (κ1) is 24.9. The van der Waals surface area contributed by atoms with Crippen LogP contribution in [0.2, 0.25) is 0 Å².